The summed E-state index contributed by atoms with van der Waals surface area (Å²) in [5.74, 6) is -3.05. The predicted molar refractivity (Wildman–Crippen MR) is 57.4 cm³/mol. The smallest absolute Gasteiger partial charge is 0.308 e. The molecule has 0 heterocycles. The molecule has 0 aromatic carbocycles. The lowest BCUT2D eigenvalue weighted by Gasteiger charge is -2.43. The van der Waals surface area contributed by atoms with E-state index in [1.54, 1.807) is 0 Å². The number of hydrogen-bond acceptors (Lipinski definition) is 1. The highest BCUT2D eigenvalue weighted by Crippen LogP contribution is 2.40. The van der Waals surface area contributed by atoms with Gasteiger partial charge in [-0.15, -0.1) is 0 Å². The van der Waals surface area contributed by atoms with Crippen LogP contribution < -0.4 is 5.32 Å². The van der Waals surface area contributed by atoms with Crippen molar-refractivity contribution < 1.29 is 17.6 Å². The van der Waals surface area contributed by atoms with Gasteiger partial charge in [-0.1, -0.05) is 12.8 Å². The predicted octanol–water partition coefficient (Wildman–Crippen LogP) is 3.45. The number of nitrogens with one attached hydrogen (secondary N) is 1. The zero-order valence-electron chi connectivity index (χ0n) is 9.77. The molecule has 2 rings (SSSR count). The molecular weight excluding hydrogens is 234 g/mol. The van der Waals surface area contributed by atoms with E-state index >= 15 is 0 Å². The van der Waals surface area contributed by atoms with Gasteiger partial charge in [0.15, 0.2) is 0 Å². The molecule has 0 amide bonds. The Morgan fingerprint density at radius 2 is 1.47 bits per heavy atom. The Morgan fingerprint density at radius 1 is 1.00 bits per heavy atom. The largest absolute Gasteiger partial charge is 0.319 e. The van der Waals surface area contributed by atoms with Crippen molar-refractivity contribution in [3.8, 4) is 0 Å². The average molecular weight is 253 g/mol. The second kappa shape index (κ2) is 5.12. The quantitative estimate of drug-likeness (QED) is 0.715. The van der Waals surface area contributed by atoms with Gasteiger partial charge in [0, 0.05) is 6.04 Å². The van der Waals surface area contributed by atoms with Gasteiger partial charge in [0.1, 0.15) is 0 Å². The standard InChI is InChI=1S/C12H19F4N/c13-11(14)12(15,16)7-17-10(8-3-1-4-8)9-5-2-6-9/h8-11,17H,1-7H2. The molecule has 2 saturated carbocycles. The molecule has 0 unspecified atom stereocenters. The van der Waals surface area contributed by atoms with E-state index in [4.69, 9.17) is 0 Å². The van der Waals surface area contributed by atoms with Crippen molar-refractivity contribution >= 4 is 0 Å². The average Bonchev–Trinajstić information content (AvgIpc) is 2.08. The lowest BCUT2D eigenvalue weighted by molar-refractivity contribution is -0.128. The Bertz CT molecular complexity index is 235. The van der Waals surface area contributed by atoms with Crippen molar-refractivity contribution in [1.29, 1.82) is 0 Å². The second-order valence-electron chi connectivity index (χ2n) is 5.35. The fourth-order valence-electron chi connectivity index (χ4n) is 2.65. The lowest BCUT2D eigenvalue weighted by Crippen LogP contribution is -2.51. The Morgan fingerprint density at radius 3 is 1.76 bits per heavy atom. The van der Waals surface area contributed by atoms with Crippen LogP contribution in [0.4, 0.5) is 17.6 Å². The maximum absolute atomic E-state index is 12.9. The zero-order chi connectivity index (χ0) is 12.5. The van der Waals surface area contributed by atoms with Crippen molar-refractivity contribution in [2.24, 2.45) is 11.8 Å². The SMILES string of the molecule is FC(F)C(F)(F)CNC(C1CCC1)C1CCC1. The van der Waals surface area contributed by atoms with Crippen LogP contribution in [0.1, 0.15) is 38.5 Å². The summed E-state index contributed by atoms with van der Waals surface area (Å²) in [6, 6.07) is 0.0297. The molecule has 0 bridgehead atoms. The van der Waals surface area contributed by atoms with Crippen LogP contribution in [-0.4, -0.2) is 24.9 Å². The van der Waals surface area contributed by atoms with Gasteiger partial charge in [-0.3, -0.25) is 0 Å². The molecule has 17 heavy (non-hydrogen) atoms. The van der Waals surface area contributed by atoms with Crippen LogP contribution >= 0.6 is 0 Å². The Labute approximate surface area is 99.0 Å². The van der Waals surface area contributed by atoms with Crippen LogP contribution in [0, 0.1) is 11.8 Å². The molecule has 1 N–H and O–H groups in total. The molecule has 100 valence electrons. The molecule has 0 aliphatic heterocycles. The molecule has 1 nitrogen and oxygen atoms in total. The summed E-state index contributed by atoms with van der Waals surface area (Å²) in [5.41, 5.74) is 0. The highest BCUT2D eigenvalue weighted by molar-refractivity contribution is 4.92. The van der Waals surface area contributed by atoms with E-state index in [-0.39, 0.29) is 6.04 Å². The van der Waals surface area contributed by atoms with E-state index in [1.807, 2.05) is 0 Å². The monoisotopic (exact) mass is 253 g/mol. The fourth-order valence-corrected chi connectivity index (χ4v) is 2.65. The van der Waals surface area contributed by atoms with Crippen molar-refractivity contribution in [3.63, 3.8) is 0 Å². The summed E-state index contributed by atoms with van der Waals surface area (Å²) >= 11 is 0. The van der Waals surface area contributed by atoms with Crippen LogP contribution in [-0.2, 0) is 0 Å². The summed E-state index contributed by atoms with van der Waals surface area (Å²) in [4.78, 5) is 0. The normalized spacial score (nSPS) is 22.9. The summed E-state index contributed by atoms with van der Waals surface area (Å²) in [5, 5.41) is 2.72. The van der Waals surface area contributed by atoms with Gasteiger partial charge in [0.25, 0.3) is 0 Å². The minimum atomic E-state index is -3.90. The first kappa shape index (κ1) is 13.1. The van der Waals surface area contributed by atoms with Crippen molar-refractivity contribution in [1.82, 2.24) is 5.32 Å². The van der Waals surface area contributed by atoms with E-state index in [0.717, 1.165) is 38.5 Å². The molecule has 0 spiro atoms. The third-order valence-electron chi connectivity index (χ3n) is 4.21. The Hall–Kier alpha value is -0.320. The van der Waals surface area contributed by atoms with E-state index in [2.05, 4.69) is 5.32 Å². The Kier molecular flexibility index (Phi) is 3.95. The van der Waals surface area contributed by atoms with E-state index in [9.17, 15) is 17.6 Å². The molecule has 0 saturated heterocycles. The maximum atomic E-state index is 12.9. The van der Waals surface area contributed by atoms with Crippen LogP contribution in [0.3, 0.4) is 0 Å². The summed E-state index contributed by atoms with van der Waals surface area (Å²) < 4.78 is 49.9. The Balaban J connectivity index is 1.84. The first-order valence-electron chi connectivity index (χ1n) is 6.40. The number of alkyl halides is 4. The molecule has 0 aromatic heterocycles. The fraction of sp³-hybridized carbons (Fsp3) is 1.00. The van der Waals surface area contributed by atoms with Gasteiger partial charge in [0.05, 0.1) is 6.54 Å². The van der Waals surface area contributed by atoms with Gasteiger partial charge in [0.2, 0.25) is 0 Å². The molecule has 0 radical (unpaired) electrons. The maximum Gasteiger partial charge on any atom is 0.319 e. The highest BCUT2D eigenvalue weighted by atomic mass is 19.3. The van der Waals surface area contributed by atoms with Crippen LogP contribution in [0.25, 0.3) is 0 Å². The molecule has 2 fully saturated rings. The number of rotatable bonds is 6. The van der Waals surface area contributed by atoms with Gasteiger partial charge in [-0.25, -0.2) is 8.78 Å². The molecule has 5 heteroatoms. The topological polar surface area (TPSA) is 12.0 Å². The van der Waals surface area contributed by atoms with Gasteiger partial charge < -0.3 is 5.32 Å². The summed E-state index contributed by atoms with van der Waals surface area (Å²) in [6.45, 7) is -0.887. The first-order chi connectivity index (χ1) is 8.00. The lowest BCUT2D eigenvalue weighted by atomic mass is 9.68. The molecule has 2 aliphatic rings. The van der Waals surface area contributed by atoms with Crippen molar-refractivity contribution in [2.75, 3.05) is 6.54 Å². The van der Waals surface area contributed by atoms with Crippen LogP contribution in [0.5, 0.6) is 0 Å². The highest BCUT2D eigenvalue weighted by Gasteiger charge is 2.43. The summed E-state index contributed by atoms with van der Waals surface area (Å²) in [7, 11) is 0. The second-order valence-corrected chi connectivity index (χ2v) is 5.35. The third-order valence-corrected chi connectivity index (χ3v) is 4.21. The van der Waals surface area contributed by atoms with E-state index in [0.29, 0.717) is 11.8 Å². The van der Waals surface area contributed by atoms with Crippen molar-refractivity contribution in [2.45, 2.75) is 56.9 Å². The summed E-state index contributed by atoms with van der Waals surface area (Å²) in [6.07, 6.45) is 2.91. The van der Waals surface area contributed by atoms with E-state index < -0.39 is 18.9 Å². The van der Waals surface area contributed by atoms with Gasteiger partial charge in [-0.05, 0) is 37.5 Å². The molecular formula is C12H19F4N. The first-order valence-corrected chi connectivity index (χ1v) is 6.40. The number of hydrogen-bond donors (Lipinski definition) is 1. The van der Waals surface area contributed by atoms with Gasteiger partial charge in [-0.2, -0.15) is 8.78 Å². The zero-order valence-corrected chi connectivity index (χ0v) is 9.77. The number of halogens is 4. The minimum absolute atomic E-state index is 0.0297. The van der Waals surface area contributed by atoms with Gasteiger partial charge >= 0.3 is 12.3 Å². The van der Waals surface area contributed by atoms with Crippen molar-refractivity contribution in [3.05, 3.63) is 0 Å². The van der Waals surface area contributed by atoms with E-state index in [1.165, 1.54) is 0 Å². The minimum Gasteiger partial charge on any atom is -0.308 e. The van der Waals surface area contributed by atoms with Crippen LogP contribution in [0.2, 0.25) is 0 Å². The third kappa shape index (κ3) is 2.92. The molecule has 0 atom stereocenters. The molecule has 2 aliphatic carbocycles. The molecule has 0 aromatic rings. The van der Waals surface area contributed by atoms with Crippen LogP contribution in [0.15, 0.2) is 0 Å².